The molecule has 2 rings (SSSR count). The molecule has 0 bridgehead atoms. The number of carboxylic acid groups (broad SMARTS) is 1. The summed E-state index contributed by atoms with van der Waals surface area (Å²) in [5.41, 5.74) is -0.631. The second kappa shape index (κ2) is 5.62. The maximum Gasteiger partial charge on any atom is 0.416 e. The fourth-order valence-corrected chi connectivity index (χ4v) is 2.51. The zero-order valence-corrected chi connectivity index (χ0v) is 12.1. The molecule has 1 fully saturated rings. The highest BCUT2D eigenvalue weighted by Gasteiger charge is 2.49. The smallest absolute Gasteiger partial charge is 0.416 e. The molecule has 3 unspecified atom stereocenters. The highest BCUT2D eigenvalue weighted by molar-refractivity contribution is 5.87. The minimum Gasteiger partial charge on any atom is -0.480 e. The van der Waals surface area contributed by atoms with Gasteiger partial charge in [-0.05, 0) is 30.9 Å². The Bertz CT molecular complexity index is 600. The van der Waals surface area contributed by atoms with E-state index in [1.807, 2.05) is 0 Å². The summed E-state index contributed by atoms with van der Waals surface area (Å²) in [5, 5.41) is 8.89. The lowest BCUT2D eigenvalue weighted by atomic mass is 10.0. The predicted octanol–water partition coefficient (Wildman–Crippen LogP) is 2.74. The van der Waals surface area contributed by atoms with Gasteiger partial charge in [0.15, 0.2) is 0 Å². The number of nitrogens with zero attached hydrogens (tertiary/aromatic N) is 1. The maximum absolute atomic E-state index is 13.0. The molecule has 22 heavy (non-hydrogen) atoms. The quantitative estimate of drug-likeness (QED) is 0.929. The van der Waals surface area contributed by atoms with Gasteiger partial charge in [0.25, 0.3) is 0 Å². The van der Waals surface area contributed by atoms with Crippen LogP contribution in [0.1, 0.15) is 30.4 Å². The number of carbonyl (C=O) groups is 2. The predicted molar refractivity (Wildman–Crippen MR) is 72.2 cm³/mol. The summed E-state index contributed by atoms with van der Waals surface area (Å²) >= 11 is 0. The molecule has 0 radical (unpaired) electrons. The highest BCUT2D eigenvalue weighted by Crippen LogP contribution is 2.51. The third-order valence-corrected chi connectivity index (χ3v) is 4.06. The fourth-order valence-electron chi connectivity index (χ4n) is 2.51. The zero-order valence-electron chi connectivity index (χ0n) is 12.1. The summed E-state index contributed by atoms with van der Waals surface area (Å²) in [6, 6.07) is 4.19. The zero-order chi connectivity index (χ0) is 16.7. The molecule has 1 aliphatic rings. The van der Waals surface area contributed by atoms with E-state index in [2.05, 4.69) is 0 Å². The number of hydrogen-bond acceptors (Lipinski definition) is 2. The van der Waals surface area contributed by atoms with Gasteiger partial charge in [-0.15, -0.1) is 0 Å². The molecule has 0 heterocycles. The van der Waals surface area contributed by atoms with Crippen molar-refractivity contribution >= 4 is 11.9 Å². The number of amides is 1. The largest absolute Gasteiger partial charge is 0.480 e. The average molecular weight is 315 g/mol. The van der Waals surface area contributed by atoms with Gasteiger partial charge in [-0.3, -0.25) is 4.79 Å². The van der Waals surface area contributed by atoms with Crippen LogP contribution in [0.2, 0.25) is 0 Å². The first-order valence-corrected chi connectivity index (χ1v) is 6.80. The Hall–Kier alpha value is -2.05. The van der Waals surface area contributed by atoms with Crippen molar-refractivity contribution in [2.24, 2.45) is 5.92 Å². The summed E-state index contributed by atoms with van der Waals surface area (Å²) in [7, 11) is 1.35. The van der Waals surface area contributed by atoms with E-state index < -0.39 is 41.5 Å². The summed E-state index contributed by atoms with van der Waals surface area (Å²) in [6.07, 6.45) is -4.16. The van der Waals surface area contributed by atoms with Crippen LogP contribution in [0.3, 0.4) is 0 Å². The third-order valence-electron chi connectivity index (χ3n) is 4.06. The van der Waals surface area contributed by atoms with E-state index in [1.165, 1.54) is 32.2 Å². The second-order valence-electron chi connectivity index (χ2n) is 5.50. The van der Waals surface area contributed by atoms with Crippen molar-refractivity contribution in [1.82, 2.24) is 4.90 Å². The van der Waals surface area contributed by atoms with Crippen LogP contribution in [-0.4, -0.2) is 35.0 Å². The van der Waals surface area contributed by atoms with E-state index in [1.54, 1.807) is 0 Å². The van der Waals surface area contributed by atoms with Gasteiger partial charge < -0.3 is 10.0 Å². The maximum atomic E-state index is 13.0. The number of carbonyl (C=O) groups excluding carboxylic acids is 1. The monoisotopic (exact) mass is 315 g/mol. The molecular formula is C15H16F3NO3. The Morgan fingerprint density at radius 3 is 2.45 bits per heavy atom. The van der Waals surface area contributed by atoms with E-state index in [9.17, 15) is 22.8 Å². The first kappa shape index (κ1) is 16.3. The molecule has 7 heteroatoms. The first-order chi connectivity index (χ1) is 10.1. The normalized spacial score (nSPS) is 22.0. The second-order valence-corrected chi connectivity index (χ2v) is 5.50. The van der Waals surface area contributed by atoms with Crippen molar-refractivity contribution in [3.63, 3.8) is 0 Å². The molecule has 1 aromatic carbocycles. The molecule has 3 atom stereocenters. The molecule has 1 saturated carbocycles. The Kier molecular flexibility index (Phi) is 4.17. The molecular weight excluding hydrogens is 299 g/mol. The van der Waals surface area contributed by atoms with Crippen LogP contribution in [-0.2, 0) is 15.8 Å². The van der Waals surface area contributed by atoms with Crippen LogP contribution in [0.25, 0.3) is 0 Å². The summed E-state index contributed by atoms with van der Waals surface area (Å²) in [5.74, 6) is -2.68. The topological polar surface area (TPSA) is 57.6 Å². The Morgan fingerprint density at radius 1 is 1.32 bits per heavy atom. The van der Waals surface area contributed by atoms with Gasteiger partial charge in [0, 0.05) is 13.0 Å². The number of carboxylic acids is 1. The molecule has 0 aromatic heterocycles. The number of rotatable bonds is 4. The lowest BCUT2D eigenvalue weighted by Gasteiger charge is -2.21. The average Bonchev–Trinajstić information content (AvgIpc) is 3.24. The van der Waals surface area contributed by atoms with Gasteiger partial charge in [-0.2, -0.15) is 13.2 Å². The van der Waals surface area contributed by atoms with Crippen molar-refractivity contribution in [2.75, 3.05) is 7.05 Å². The Balaban J connectivity index is 2.17. The molecule has 1 aromatic rings. The molecule has 4 nitrogen and oxygen atoms in total. The lowest BCUT2D eigenvalue weighted by molar-refractivity contribution is -0.148. The third kappa shape index (κ3) is 3.08. The van der Waals surface area contributed by atoms with Crippen LogP contribution in [0.15, 0.2) is 24.3 Å². The number of hydrogen-bond donors (Lipinski definition) is 1. The van der Waals surface area contributed by atoms with Crippen molar-refractivity contribution < 1.29 is 27.9 Å². The number of likely N-dealkylation sites (N-methyl/N-ethyl adjacent to an activating group) is 1. The molecule has 120 valence electrons. The molecule has 1 N–H and O–H groups in total. The van der Waals surface area contributed by atoms with Crippen LogP contribution in [0.4, 0.5) is 13.2 Å². The van der Waals surface area contributed by atoms with Gasteiger partial charge in [0.2, 0.25) is 5.91 Å². The van der Waals surface area contributed by atoms with Crippen LogP contribution in [0, 0.1) is 5.92 Å². The van der Waals surface area contributed by atoms with Gasteiger partial charge >= 0.3 is 12.1 Å². The lowest BCUT2D eigenvalue weighted by Crippen LogP contribution is -2.41. The molecule has 0 saturated heterocycles. The van der Waals surface area contributed by atoms with Crippen LogP contribution in [0.5, 0.6) is 0 Å². The first-order valence-electron chi connectivity index (χ1n) is 6.80. The number of halogens is 3. The minimum absolute atomic E-state index is 0.102. The van der Waals surface area contributed by atoms with Crippen LogP contribution < -0.4 is 0 Å². The van der Waals surface area contributed by atoms with E-state index in [-0.39, 0.29) is 5.56 Å². The summed E-state index contributed by atoms with van der Waals surface area (Å²) in [6.45, 7) is 1.36. The van der Waals surface area contributed by atoms with Gasteiger partial charge in [-0.1, -0.05) is 18.2 Å². The highest BCUT2D eigenvalue weighted by atomic mass is 19.4. The minimum atomic E-state index is -4.47. The van der Waals surface area contributed by atoms with Crippen molar-refractivity contribution in [3.05, 3.63) is 35.4 Å². The summed E-state index contributed by atoms with van der Waals surface area (Å²) in [4.78, 5) is 24.1. The summed E-state index contributed by atoms with van der Waals surface area (Å²) < 4.78 is 39.0. The van der Waals surface area contributed by atoms with E-state index in [0.717, 1.165) is 11.0 Å². The number of alkyl halides is 3. The van der Waals surface area contributed by atoms with E-state index >= 15 is 0 Å². The van der Waals surface area contributed by atoms with Gasteiger partial charge in [-0.25, -0.2) is 4.79 Å². The molecule has 0 spiro atoms. The standard InChI is InChI=1S/C15H16F3NO3/c1-8(14(21)22)19(2)13(20)11-7-10(11)9-5-3-4-6-12(9)15(16,17)18/h3-6,8,10-11H,7H2,1-2H3,(H,21,22). The SMILES string of the molecule is CC(C(=O)O)N(C)C(=O)C1CC1c1ccccc1C(F)(F)F. The fraction of sp³-hybridized carbons (Fsp3) is 0.467. The Morgan fingerprint density at radius 2 is 1.91 bits per heavy atom. The van der Waals surface area contributed by atoms with Crippen molar-refractivity contribution in [1.29, 1.82) is 0 Å². The van der Waals surface area contributed by atoms with Crippen molar-refractivity contribution in [3.8, 4) is 0 Å². The van der Waals surface area contributed by atoms with E-state index in [4.69, 9.17) is 5.11 Å². The Labute approximate surface area is 125 Å². The van der Waals surface area contributed by atoms with Crippen molar-refractivity contribution in [2.45, 2.75) is 31.5 Å². The number of aliphatic carboxylic acids is 1. The molecule has 1 amide bonds. The molecule has 0 aliphatic heterocycles. The van der Waals surface area contributed by atoms with E-state index in [0.29, 0.717) is 6.42 Å². The number of benzene rings is 1. The molecule has 1 aliphatic carbocycles. The van der Waals surface area contributed by atoms with Gasteiger partial charge in [0.1, 0.15) is 6.04 Å². The van der Waals surface area contributed by atoms with Crippen LogP contribution >= 0.6 is 0 Å². The van der Waals surface area contributed by atoms with Gasteiger partial charge in [0.05, 0.1) is 5.56 Å².